The molecular weight excluding hydrogens is 279 g/mol. The summed E-state index contributed by atoms with van der Waals surface area (Å²) in [6, 6.07) is -0.531. The van der Waals surface area contributed by atoms with Crippen LogP contribution in [0.4, 0.5) is 30.7 Å². The third kappa shape index (κ3) is 3.14. The summed E-state index contributed by atoms with van der Waals surface area (Å²) in [6.45, 7) is 2.66. The highest BCUT2D eigenvalue weighted by atomic mass is 19.4. The molecule has 0 heterocycles. The predicted molar refractivity (Wildman–Crippen MR) is 55.1 cm³/mol. The van der Waals surface area contributed by atoms with Crippen LogP contribution in [-0.4, -0.2) is 24.1 Å². The number of allylic oxidation sites excluding steroid dienone is 1. The van der Waals surface area contributed by atoms with Crippen molar-refractivity contribution in [3.63, 3.8) is 0 Å². The maximum atomic E-state index is 13.2. The smallest absolute Gasteiger partial charge is 0.381 e. The Morgan fingerprint density at radius 2 is 1.37 bits per heavy atom. The number of alkyl halides is 7. The molecule has 112 valence electrons. The van der Waals surface area contributed by atoms with Crippen molar-refractivity contribution in [3.05, 3.63) is 12.3 Å². The molecule has 1 N–H and O–H groups in total. The fraction of sp³-hybridized carbons (Fsp3) is 0.818. The van der Waals surface area contributed by atoms with Crippen LogP contribution in [0, 0.1) is 0 Å². The molecule has 0 unspecified atom stereocenters. The van der Waals surface area contributed by atoms with Gasteiger partial charge in [-0.25, -0.2) is 0 Å². The van der Waals surface area contributed by atoms with E-state index < -0.39 is 29.8 Å². The summed E-state index contributed by atoms with van der Waals surface area (Å²) < 4.78 is 87.8. The van der Waals surface area contributed by atoms with Crippen LogP contribution in [-0.2, 0) is 0 Å². The molecule has 0 bridgehead atoms. The van der Waals surface area contributed by atoms with E-state index in [0.29, 0.717) is 25.7 Å². The molecule has 0 aromatic carbocycles. The summed E-state index contributed by atoms with van der Waals surface area (Å²) in [4.78, 5) is 0. The molecule has 0 aromatic rings. The van der Waals surface area contributed by atoms with E-state index >= 15 is 0 Å². The SMILES string of the molecule is C=C(NC1CCCCC1)C(F)(F)C(F)(F)C(F)(F)F. The van der Waals surface area contributed by atoms with Gasteiger partial charge in [0.1, 0.15) is 0 Å². The quantitative estimate of drug-likeness (QED) is 0.764. The predicted octanol–water partition coefficient (Wildman–Crippen LogP) is 4.26. The van der Waals surface area contributed by atoms with Crippen molar-refractivity contribution in [3.8, 4) is 0 Å². The summed E-state index contributed by atoms with van der Waals surface area (Å²) in [5.74, 6) is -11.5. The second kappa shape index (κ2) is 5.20. The van der Waals surface area contributed by atoms with Gasteiger partial charge in [-0.05, 0) is 12.8 Å². The summed E-state index contributed by atoms with van der Waals surface area (Å²) in [6.07, 6.45) is -3.11. The van der Waals surface area contributed by atoms with E-state index in [4.69, 9.17) is 0 Å². The first-order chi connectivity index (χ1) is 8.50. The molecular formula is C11H14F7N. The summed E-state index contributed by atoms with van der Waals surface area (Å²) >= 11 is 0. The number of halogens is 7. The molecule has 0 aliphatic heterocycles. The number of hydrogen-bond acceptors (Lipinski definition) is 1. The van der Waals surface area contributed by atoms with Crippen LogP contribution in [0.3, 0.4) is 0 Å². The van der Waals surface area contributed by atoms with Crippen LogP contribution < -0.4 is 5.32 Å². The zero-order valence-corrected chi connectivity index (χ0v) is 9.97. The topological polar surface area (TPSA) is 12.0 Å². The molecule has 1 aliphatic rings. The van der Waals surface area contributed by atoms with Crippen molar-refractivity contribution in [1.29, 1.82) is 0 Å². The minimum Gasteiger partial charge on any atom is -0.381 e. The van der Waals surface area contributed by atoms with E-state index in [2.05, 4.69) is 6.58 Å². The lowest BCUT2D eigenvalue weighted by atomic mass is 9.94. The Morgan fingerprint density at radius 1 is 0.895 bits per heavy atom. The van der Waals surface area contributed by atoms with E-state index in [-0.39, 0.29) is 0 Å². The van der Waals surface area contributed by atoms with Crippen molar-refractivity contribution in [2.24, 2.45) is 0 Å². The average molecular weight is 293 g/mol. The monoisotopic (exact) mass is 293 g/mol. The number of nitrogens with one attached hydrogen (secondary N) is 1. The van der Waals surface area contributed by atoms with Gasteiger partial charge in [-0.1, -0.05) is 25.8 Å². The van der Waals surface area contributed by atoms with Crippen LogP contribution in [0.5, 0.6) is 0 Å². The second-order valence-electron chi connectivity index (χ2n) is 4.60. The van der Waals surface area contributed by atoms with Gasteiger partial charge < -0.3 is 5.32 Å². The molecule has 1 nitrogen and oxygen atoms in total. The third-order valence-electron chi connectivity index (χ3n) is 3.11. The van der Waals surface area contributed by atoms with Crippen LogP contribution in [0.15, 0.2) is 12.3 Å². The fourth-order valence-corrected chi connectivity index (χ4v) is 1.95. The Hall–Kier alpha value is -0.950. The molecule has 0 aromatic heterocycles. The van der Waals surface area contributed by atoms with Gasteiger partial charge in [-0.15, -0.1) is 0 Å². The van der Waals surface area contributed by atoms with Gasteiger partial charge >= 0.3 is 18.0 Å². The first-order valence-electron chi connectivity index (χ1n) is 5.78. The van der Waals surface area contributed by atoms with Crippen LogP contribution in [0.1, 0.15) is 32.1 Å². The lowest BCUT2D eigenvalue weighted by molar-refractivity contribution is -0.345. The lowest BCUT2D eigenvalue weighted by Gasteiger charge is -2.33. The summed E-state index contributed by atoms with van der Waals surface area (Å²) in [5, 5.41) is 2.01. The maximum absolute atomic E-state index is 13.2. The van der Waals surface area contributed by atoms with Crippen molar-refractivity contribution < 1.29 is 30.7 Å². The highest BCUT2D eigenvalue weighted by Crippen LogP contribution is 2.49. The van der Waals surface area contributed by atoms with Crippen molar-refractivity contribution in [1.82, 2.24) is 5.32 Å². The van der Waals surface area contributed by atoms with Crippen LogP contribution >= 0.6 is 0 Å². The van der Waals surface area contributed by atoms with E-state index in [9.17, 15) is 30.7 Å². The highest BCUT2D eigenvalue weighted by molar-refractivity contribution is 5.14. The summed E-state index contributed by atoms with van der Waals surface area (Å²) in [5.41, 5.74) is -1.58. The minimum absolute atomic E-state index is 0.451. The number of rotatable bonds is 4. The molecule has 0 atom stereocenters. The normalized spacial score (nSPS) is 19.3. The van der Waals surface area contributed by atoms with Crippen molar-refractivity contribution >= 4 is 0 Å². The van der Waals surface area contributed by atoms with Gasteiger partial charge in [0.05, 0.1) is 5.70 Å². The molecule has 8 heteroatoms. The van der Waals surface area contributed by atoms with Gasteiger partial charge in [-0.3, -0.25) is 0 Å². The largest absolute Gasteiger partial charge is 0.460 e. The van der Waals surface area contributed by atoms with E-state index in [1.165, 1.54) is 0 Å². The van der Waals surface area contributed by atoms with E-state index in [1.807, 2.05) is 5.32 Å². The third-order valence-corrected chi connectivity index (χ3v) is 3.11. The van der Waals surface area contributed by atoms with Gasteiger partial charge in [0, 0.05) is 6.04 Å². The standard InChI is InChI=1S/C11H14F7N/c1-7(19-8-5-3-2-4-6-8)9(12,13)10(14,15)11(16,17)18/h8,19H,1-6H2. The molecule has 1 saturated carbocycles. The van der Waals surface area contributed by atoms with Gasteiger partial charge in [0.15, 0.2) is 0 Å². The zero-order valence-electron chi connectivity index (χ0n) is 9.97. The average Bonchev–Trinajstić information content (AvgIpc) is 2.28. The molecule has 1 fully saturated rings. The summed E-state index contributed by atoms with van der Waals surface area (Å²) in [7, 11) is 0. The molecule has 19 heavy (non-hydrogen) atoms. The number of hydrogen-bond donors (Lipinski definition) is 1. The Labute approximate surface area is 105 Å². The Bertz CT molecular complexity index is 328. The maximum Gasteiger partial charge on any atom is 0.460 e. The molecule has 1 rings (SSSR count). The van der Waals surface area contributed by atoms with E-state index in [1.54, 1.807) is 0 Å². The minimum atomic E-state index is -6.33. The molecule has 0 amide bonds. The van der Waals surface area contributed by atoms with Gasteiger partial charge in [0.25, 0.3) is 0 Å². The molecule has 0 radical (unpaired) electrons. The van der Waals surface area contributed by atoms with Gasteiger partial charge in [0.2, 0.25) is 0 Å². The first kappa shape index (κ1) is 16.1. The fourth-order valence-electron chi connectivity index (χ4n) is 1.95. The Morgan fingerprint density at radius 3 is 1.79 bits per heavy atom. The Kier molecular flexibility index (Phi) is 4.41. The lowest BCUT2D eigenvalue weighted by Crippen LogP contribution is -2.55. The molecule has 0 spiro atoms. The van der Waals surface area contributed by atoms with Crippen molar-refractivity contribution in [2.45, 2.75) is 56.2 Å². The molecule has 1 aliphatic carbocycles. The van der Waals surface area contributed by atoms with Crippen molar-refractivity contribution in [2.75, 3.05) is 0 Å². The Balaban J connectivity index is 2.78. The van der Waals surface area contributed by atoms with Gasteiger partial charge in [-0.2, -0.15) is 30.7 Å². The van der Waals surface area contributed by atoms with Crippen LogP contribution in [0.25, 0.3) is 0 Å². The first-order valence-corrected chi connectivity index (χ1v) is 5.78. The second-order valence-corrected chi connectivity index (χ2v) is 4.60. The molecule has 0 saturated heterocycles. The highest BCUT2D eigenvalue weighted by Gasteiger charge is 2.74. The van der Waals surface area contributed by atoms with Crippen LogP contribution in [0.2, 0.25) is 0 Å². The van der Waals surface area contributed by atoms with E-state index in [0.717, 1.165) is 6.42 Å². The zero-order chi connectivity index (χ0) is 14.9.